The topological polar surface area (TPSA) is 17.1 Å². The summed E-state index contributed by atoms with van der Waals surface area (Å²) in [6, 6.07) is 0. The molecule has 4 saturated carbocycles. The Morgan fingerprint density at radius 1 is 1.06 bits per heavy atom. The standard InChI is InChI=1S/C16H25OS/c17-3-5-18-4-1-2-15(18)16-9-12-6-13(10-16)8-14(7-12)11-16/h3,12-15H,1-2,4-11H2/q+1. The molecule has 1 nitrogen and oxygen atoms in total. The van der Waals surface area contributed by atoms with Crippen LogP contribution in [0.15, 0.2) is 0 Å². The molecule has 2 unspecified atom stereocenters. The third-order valence-corrected chi connectivity index (χ3v) is 9.24. The van der Waals surface area contributed by atoms with Crippen molar-refractivity contribution in [3.63, 3.8) is 0 Å². The highest BCUT2D eigenvalue weighted by Crippen LogP contribution is 2.63. The first kappa shape index (κ1) is 11.8. The van der Waals surface area contributed by atoms with Crippen molar-refractivity contribution >= 4 is 17.2 Å². The van der Waals surface area contributed by atoms with E-state index in [-0.39, 0.29) is 0 Å². The van der Waals surface area contributed by atoms with Gasteiger partial charge in [0.2, 0.25) is 0 Å². The number of hydrogen-bond acceptors (Lipinski definition) is 1. The molecule has 4 bridgehead atoms. The molecular formula is C16H25OS+. The van der Waals surface area contributed by atoms with Gasteiger partial charge in [-0.15, -0.1) is 0 Å². The van der Waals surface area contributed by atoms with Gasteiger partial charge < -0.3 is 0 Å². The van der Waals surface area contributed by atoms with E-state index >= 15 is 0 Å². The Hall–Kier alpha value is 0.0200. The fourth-order valence-corrected chi connectivity index (χ4v) is 9.17. The minimum atomic E-state index is 0.455. The van der Waals surface area contributed by atoms with E-state index in [4.69, 9.17) is 0 Å². The summed E-state index contributed by atoms with van der Waals surface area (Å²) in [5, 5.41) is 0.941. The van der Waals surface area contributed by atoms with Crippen LogP contribution in [0.2, 0.25) is 0 Å². The first-order valence-electron chi connectivity index (χ1n) is 7.89. The molecular weight excluding hydrogens is 240 g/mol. The van der Waals surface area contributed by atoms with Crippen molar-refractivity contribution in [2.45, 2.75) is 56.6 Å². The minimum absolute atomic E-state index is 0.455. The van der Waals surface area contributed by atoms with Crippen LogP contribution in [0.3, 0.4) is 0 Å². The minimum Gasteiger partial charge on any atom is -0.298 e. The molecule has 5 rings (SSSR count). The Bertz CT molecular complexity index is 316. The highest BCUT2D eigenvalue weighted by molar-refractivity contribution is 7.98. The van der Waals surface area contributed by atoms with Crippen LogP contribution in [0.4, 0.5) is 0 Å². The van der Waals surface area contributed by atoms with E-state index in [9.17, 15) is 4.79 Å². The van der Waals surface area contributed by atoms with E-state index in [1.54, 1.807) is 19.3 Å². The molecule has 0 aromatic rings. The molecule has 2 heteroatoms. The van der Waals surface area contributed by atoms with Gasteiger partial charge in [-0.05, 0) is 80.0 Å². The van der Waals surface area contributed by atoms with Crippen molar-refractivity contribution in [2.75, 3.05) is 11.5 Å². The molecule has 0 aromatic carbocycles. The molecule has 1 heterocycles. The Morgan fingerprint density at radius 2 is 1.67 bits per heavy atom. The lowest BCUT2D eigenvalue weighted by Crippen LogP contribution is -2.53. The van der Waals surface area contributed by atoms with Crippen molar-refractivity contribution in [3.8, 4) is 0 Å². The lowest BCUT2D eigenvalue weighted by Gasteiger charge is -2.57. The average Bonchev–Trinajstić information content (AvgIpc) is 2.76. The fraction of sp³-hybridized carbons (Fsp3) is 0.938. The third kappa shape index (κ3) is 1.71. The highest BCUT2D eigenvalue weighted by Gasteiger charge is 2.59. The summed E-state index contributed by atoms with van der Waals surface area (Å²) in [5.41, 5.74) is 0.706. The van der Waals surface area contributed by atoms with E-state index in [0.29, 0.717) is 16.3 Å². The maximum absolute atomic E-state index is 10.9. The van der Waals surface area contributed by atoms with Crippen LogP contribution in [0, 0.1) is 23.2 Å². The fourth-order valence-electron chi connectivity index (χ4n) is 6.28. The van der Waals surface area contributed by atoms with Crippen LogP contribution in [0.25, 0.3) is 0 Å². The molecule has 0 spiro atoms. The van der Waals surface area contributed by atoms with Crippen molar-refractivity contribution in [1.29, 1.82) is 0 Å². The number of aldehydes is 1. The molecule has 4 aliphatic carbocycles. The molecule has 1 aliphatic heterocycles. The van der Waals surface area contributed by atoms with Crippen LogP contribution in [-0.4, -0.2) is 23.0 Å². The van der Waals surface area contributed by atoms with Crippen molar-refractivity contribution in [1.82, 2.24) is 0 Å². The highest BCUT2D eigenvalue weighted by atomic mass is 32.2. The van der Waals surface area contributed by atoms with Gasteiger partial charge in [0.15, 0.2) is 12.0 Å². The summed E-state index contributed by atoms with van der Waals surface area (Å²) in [5.74, 6) is 5.45. The summed E-state index contributed by atoms with van der Waals surface area (Å²) in [6.45, 7) is 0. The number of rotatable bonds is 3. The summed E-state index contributed by atoms with van der Waals surface area (Å²) in [7, 11) is 0.455. The van der Waals surface area contributed by atoms with Crippen molar-refractivity contribution in [3.05, 3.63) is 0 Å². The van der Waals surface area contributed by atoms with Crippen molar-refractivity contribution in [2.24, 2.45) is 23.2 Å². The van der Waals surface area contributed by atoms with Gasteiger partial charge >= 0.3 is 0 Å². The predicted molar refractivity (Wildman–Crippen MR) is 76.8 cm³/mol. The number of hydrogen-bond donors (Lipinski definition) is 0. The van der Waals surface area contributed by atoms with Crippen molar-refractivity contribution < 1.29 is 4.79 Å². The zero-order valence-corrected chi connectivity index (χ0v) is 12.1. The number of carbonyl (C=O) groups excluding carboxylic acids is 1. The lowest BCUT2D eigenvalue weighted by molar-refractivity contribution is -0.105. The second-order valence-corrected chi connectivity index (χ2v) is 9.87. The quantitative estimate of drug-likeness (QED) is 0.566. The van der Waals surface area contributed by atoms with Gasteiger partial charge in [-0.3, -0.25) is 4.79 Å². The van der Waals surface area contributed by atoms with E-state index < -0.39 is 0 Å². The van der Waals surface area contributed by atoms with Crippen LogP contribution in [0.5, 0.6) is 0 Å². The summed E-state index contributed by atoms with van der Waals surface area (Å²) < 4.78 is 0. The first-order valence-corrected chi connectivity index (χ1v) is 9.51. The smallest absolute Gasteiger partial charge is 0.169 e. The molecule has 1 saturated heterocycles. The average molecular weight is 265 g/mol. The lowest BCUT2D eigenvalue weighted by atomic mass is 9.48. The van der Waals surface area contributed by atoms with Crippen LogP contribution >= 0.6 is 0 Å². The maximum Gasteiger partial charge on any atom is 0.169 e. The molecule has 100 valence electrons. The Balaban J connectivity index is 1.61. The van der Waals surface area contributed by atoms with Crippen LogP contribution < -0.4 is 0 Å². The molecule has 0 N–H and O–H groups in total. The SMILES string of the molecule is O=CC[S+]1CCCC1C12CC3CC(CC(C3)C1)C2. The van der Waals surface area contributed by atoms with Crippen LogP contribution in [0.1, 0.15) is 51.4 Å². The molecule has 5 aliphatic rings. The van der Waals surface area contributed by atoms with E-state index in [1.807, 2.05) is 0 Å². The zero-order chi connectivity index (χ0) is 12.2. The molecule has 2 atom stereocenters. The summed E-state index contributed by atoms with van der Waals surface area (Å²) in [4.78, 5) is 10.9. The van der Waals surface area contributed by atoms with Gasteiger partial charge in [-0.25, -0.2) is 0 Å². The van der Waals surface area contributed by atoms with Gasteiger partial charge in [-0.1, -0.05) is 0 Å². The van der Waals surface area contributed by atoms with E-state index in [1.165, 1.54) is 44.1 Å². The normalized spacial score (nSPS) is 53.9. The van der Waals surface area contributed by atoms with Gasteiger partial charge in [0.25, 0.3) is 0 Å². The molecule has 0 aromatic heterocycles. The largest absolute Gasteiger partial charge is 0.298 e. The van der Waals surface area contributed by atoms with Gasteiger partial charge in [0.05, 0.1) is 0 Å². The second kappa shape index (κ2) is 4.26. The van der Waals surface area contributed by atoms with Gasteiger partial charge in [-0.2, -0.15) is 0 Å². The predicted octanol–water partition coefficient (Wildman–Crippen LogP) is 3.18. The maximum atomic E-state index is 10.9. The second-order valence-electron chi connectivity index (χ2n) is 7.49. The molecule has 5 fully saturated rings. The van der Waals surface area contributed by atoms with Gasteiger partial charge in [0.1, 0.15) is 11.0 Å². The molecule has 18 heavy (non-hydrogen) atoms. The molecule has 0 amide bonds. The Kier molecular flexibility index (Phi) is 2.80. The van der Waals surface area contributed by atoms with Crippen LogP contribution in [-0.2, 0) is 15.7 Å². The summed E-state index contributed by atoms with van der Waals surface area (Å²) in [6.07, 6.45) is 13.3. The Morgan fingerprint density at radius 3 is 2.22 bits per heavy atom. The molecule has 0 radical (unpaired) electrons. The monoisotopic (exact) mass is 265 g/mol. The Labute approximate surface area is 113 Å². The zero-order valence-electron chi connectivity index (χ0n) is 11.3. The van der Waals surface area contributed by atoms with E-state index in [2.05, 4.69) is 0 Å². The first-order chi connectivity index (χ1) is 8.79. The van der Waals surface area contributed by atoms with Gasteiger partial charge in [0, 0.05) is 5.41 Å². The third-order valence-electron chi connectivity index (χ3n) is 6.33. The van der Waals surface area contributed by atoms with E-state index in [0.717, 1.165) is 28.8 Å². The summed E-state index contributed by atoms with van der Waals surface area (Å²) >= 11 is 0. The number of carbonyl (C=O) groups is 1.